The molecule has 3 rings (SSSR count). The molecule has 1 aromatic carbocycles. The molecule has 0 radical (unpaired) electrons. The van der Waals surface area contributed by atoms with E-state index in [1.54, 1.807) is 18.2 Å². The molecule has 1 aromatic heterocycles. The van der Waals surface area contributed by atoms with Gasteiger partial charge in [-0.2, -0.15) is 0 Å². The molecule has 0 bridgehead atoms. The molecule has 25 heavy (non-hydrogen) atoms. The maximum atomic E-state index is 12.1. The van der Waals surface area contributed by atoms with E-state index in [0.29, 0.717) is 5.56 Å². The van der Waals surface area contributed by atoms with Crippen molar-refractivity contribution in [2.75, 3.05) is 0 Å². The molecule has 6 nitrogen and oxygen atoms in total. The number of nitrogens with one attached hydrogen (secondary N) is 1. The summed E-state index contributed by atoms with van der Waals surface area (Å²) in [6.07, 6.45) is 5.99. The van der Waals surface area contributed by atoms with Crippen molar-refractivity contribution < 1.29 is 23.8 Å². The third-order valence-electron chi connectivity index (χ3n) is 4.32. The molecular formula is C19H21NO5. The minimum absolute atomic E-state index is 0.150. The standard InChI is InChI=1S/C19H21NO5/c21-18(22)12-16(20-19(23)17-6-3-11-24-17)13-7-9-15(10-8-13)25-14-4-1-2-5-14/h3,6-11,14,16H,1-2,4-5,12H2,(H,20,23)(H,21,22). The fraction of sp³-hybridized carbons (Fsp3) is 0.368. The Bertz CT molecular complexity index is 702. The molecule has 1 aliphatic carbocycles. The van der Waals surface area contributed by atoms with Gasteiger partial charge in [-0.1, -0.05) is 12.1 Å². The number of hydrogen-bond acceptors (Lipinski definition) is 4. The van der Waals surface area contributed by atoms with Gasteiger partial charge in [0, 0.05) is 0 Å². The van der Waals surface area contributed by atoms with Crippen LogP contribution in [-0.2, 0) is 4.79 Å². The summed E-state index contributed by atoms with van der Waals surface area (Å²) in [5.74, 6) is -0.516. The molecule has 1 atom stereocenters. The van der Waals surface area contributed by atoms with Crippen LogP contribution in [0.25, 0.3) is 0 Å². The largest absolute Gasteiger partial charge is 0.490 e. The summed E-state index contributed by atoms with van der Waals surface area (Å²) in [5, 5.41) is 11.8. The van der Waals surface area contributed by atoms with Gasteiger partial charge in [0.25, 0.3) is 5.91 Å². The highest BCUT2D eigenvalue weighted by atomic mass is 16.5. The Kier molecular flexibility index (Phi) is 5.38. The molecule has 1 unspecified atom stereocenters. The van der Waals surface area contributed by atoms with Crippen LogP contribution in [0, 0.1) is 0 Å². The van der Waals surface area contributed by atoms with Crippen LogP contribution in [0.1, 0.15) is 54.3 Å². The molecule has 1 heterocycles. The minimum atomic E-state index is -0.990. The number of ether oxygens (including phenoxy) is 1. The molecule has 0 aliphatic heterocycles. The van der Waals surface area contributed by atoms with Crippen molar-refractivity contribution in [3.05, 3.63) is 54.0 Å². The Labute approximate surface area is 145 Å². The van der Waals surface area contributed by atoms with E-state index >= 15 is 0 Å². The van der Waals surface area contributed by atoms with Crippen LogP contribution in [-0.4, -0.2) is 23.1 Å². The average Bonchev–Trinajstić information content (AvgIpc) is 3.28. The number of hydrogen-bond donors (Lipinski definition) is 2. The molecular weight excluding hydrogens is 322 g/mol. The van der Waals surface area contributed by atoms with Crippen LogP contribution in [0.2, 0.25) is 0 Å². The van der Waals surface area contributed by atoms with Gasteiger partial charge in [-0.05, 0) is 55.5 Å². The van der Waals surface area contributed by atoms with Gasteiger partial charge >= 0.3 is 5.97 Å². The number of carboxylic acid groups (broad SMARTS) is 1. The fourth-order valence-corrected chi connectivity index (χ4v) is 3.04. The van der Waals surface area contributed by atoms with Gasteiger partial charge in [-0.15, -0.1) is 0 Å². The van der Waals surface area contributed by atoms with Crippen molar-refractivity contribution in [1.29, 1.82) is 0 Å². The predicted molar refractivity (Wildman–Crippen MR) is 90.5 cm³/mol. The van der Waals surface area contributed by atoms with E-state index in [0.717, 1.165) is 18.6 Å². The summed E-state index contributed by atoms with van der Waals surface area (Å²) in [5.41, 5.74) is 0.709. The maximum Gasteiger partial charge on any atom is 0.305 e. The van der Waals surface area contributed by atoms with Crippen molar-refractivity contribution in [3.63, 3.8) is 0 Å². The number of benzene rings is 1. The second-order valence-corrected chi connectivity index (χ2v) is 6.19. The van der Waals surface area contributed by atoms with E-state index in [1.807, 2.05) is 12.1 Å². The summed E-state index contributed by atoms with van der Waals surface area (Å²) < 4.78 is 11.0. The lowest BCUT2D eigenvalue weighted by molar-refractivity contribution is -0.137. The number of carbonyl (C=O) groups excluding carboxylic acids is 1. The maximum absolute atomic E-state index is 12.1. The molecule has 1 saturated carbocycles. The first-order valence-electron chi connectivity index (χ1n) is 8.44. The van der Waals surface area contributed by atoms with Crippen molar-refractivity contribution >= 4 is 11.9 Å². The number of aliphatic carboxylic acids is 1. The van der Waals surface area contributed by atoms with Gasteiger partial charge in [0.2, 0.25) is 0 Å². The van der Waals surface area contributed by atoms with Crippen LogP contribution in [0.15, 0.2) is 47.1 Å². The highest BCUT2D eigenvalue weighted by Crippen LogP contribution is 2.26. The molecule has 2 aromatic rings. The fourth-order valence-electron chi connectivity index (χ4n) is 3.04. The Morgan fingerprint density at radius 3 is 2.52 bits per heavy atom. The molecule has 6 heteroatoms. The summed E-state index contributed by atoms with van der Waals surface area (Å²) in [6.45, 7) is 0. The number of furan rings is 1. The Hall–Kier alpha value is -2.76. The quantitative estimate of drug-likeness (QED) is 0.802. The smallest absolute Gasteiger partial charge is 0.305 e. The SMILES string of the molecule is O=C(O)CC(NC(=O)c1ccco1)c1ccc(OC2CCCC2)cc1. The minimum Gasteiger partial charge on any atom is -0.490 e. The Morgan fingerprint density at radius 2 is 1.92 bits per heavy atom. The number of carboxylic acids is 1. The summed E-state index contributed by atoms with van der Waals surface area (Å²) in [7, 11) is 0. The van der Waals surface area contributed by atoms with E-state index in [1.165, 1.54) is 25.2 Å². The molecule has 1 aliphatic rings. The van der Waals surface area contributed by atoms with Gasteiger partial charge < -0.3 is 19.6 Å². The monoisotopic (exact) mass is 343 g/mol. The van der Waals surface area contributed by atoms with Crippen molar-refractivity contribution in [2.45, 2.75) is 44.2 Å². The van der Waals surface area contributed by atoms with Crippen molar-refractivity contribution in [3.8, 4) is 5.75 Å². The zero-order valence-corrected chi connectivity index (χ0v) is 13.8. The normalized spacial score (nSPS) is 15.7. The first-order valence-corrected chi connectivity index (χ1v) is 8.44. The van der Waals surface area contributed by atoms with Gasteiger partial charge in [0.15, 0.2) is 5.76 Å². The highest BCUT2D eigenvalue weighted by molar-refractivity contribution is 5.92. The highest BCUT2D eigenvalue weighted by Gasteiger charge is 2.21. The van der Waals surface area contributed by atoms with E-state index in [9.17, 15) is 9.59 Å². The summed E-state index contributed by atoms with van der Waals surface area (Å²) in [6, 6.07) is 9.72. The van der Waals surface area contributed by atoms with Gasteiger partial charge in [0.1, 0.15) is 5.75 Å². The van der Waals surface area contributed by atoms with Crippen LogP contribution in [0.5, 0.6) is 5.75 Å². The third kappa shape index (κ3) is 4.62. The second-order valence-electron chi connectivity index (χ2n) is 6.19. The zero-order valence-electron chi connectivity index (χ0n) is 13.8. The third-order valence-corrected chi connectivity index (χ3v) is 4.32. The van der Waals surface area contributed by atoms with Crippen LogP contribution in [0.3, 0.4) is 0 Å². The first kappa shape index (κ1) is 17.1. The van der Waals surface area contributed by atoms with Crippen LogP contribution in [0.4, 0.5) is 0 Å². The lowest BCUT2D eigenvalue weighted by atomic mass is 10.0. The molecule has 1 fully saturated rings. The lowest BCUT2D eigenvalue weighted by Crippen LogP contribution is -2.29. The van der Waals surface area contributed by atoms with Crippen LogP contribution >= 0.6 is 0 Å². The Balaban J connectivity index is 1.69. The van der Waals surface area contributed by atoms with E-state index in [4.69, 9.17) is 14.3 Å². The van der Waals surface area contributed by atoms with Gasteiger partial charge in [0.05, 0.1) is 24.8 Å². The Morgan fingerprint density at radius 1 is 1.20 bits per heavy atom. The molecule has 0 saturated heterocycles. The van der Waals surface area contributed by atoms with Crippen molar-refractivity contribution in [1.82, 2.24) is 5.32 Å². The molecule has 0 spiro atoms. The number of amides is 1. The number of rotatable bonds is 7. The van der Waals surface area contributed by atoms with E-state index in [-0.39, 0.29) is 18.3 Å². The molecule has 1 amide bonds. The topological polar surface area (TPSA) is 88.8 Å². The van der Waals surface area contributed by atoms with Crippen LogP contribution < -0.4 is 10.1 Å². The average molecular weight is 343 g/mol. The molecule has 2 N–H and O–H groups in total. The lowest BCUT2D eigenvalue weighted by Gasteiger charge is -2.18. The summed E-state index contributed by atoms with van der Waals surface area (Å²) >= 11 is 0. The van der Waals surface area contributed by atoms with E-state index < -0.39 is 17.9 Å². The first-order chi connectivity index (χ1) is 12.1. The zero-order chi connectivity index (χ0) is 17.6. The van der Waals surface area contributed by atoms with Gasteiger partial charge in [-0.3, -0.25) is 9.59 Å². The second kappa shape index (κ2) is 7.88. The van der Waals surface area contributed by atoms with E-state index in [2.05, 4.69) is 5.32 Å². The predicted octanol–water partition coefficient (Wildman–Crippen LogP) is 3.55. The number of carbonyl (C=O) groups is 2. The van der Waals surface area contributed by atoms with Gasteiger partial charge in [-0.25, -0.2) is 0 Å². The summed E-state index contributed by atoms with van der Waals surface area (Å²) in [4.78, 5) is 23.3. The van der Waals surface area contributed by atoms with Crippen molar-refractivity contribution in [2.24, 2.45) is 0 Å². The molecule has 132 valence electrons.